The van der Waals surface area contributed by atoms with E-state index in [4.69, 9.17) is 4.74 Å². The monoisotopic (exact) mass is 261 g/mol. The van der Waals surface area contributed by atoms with Gasteiger partial charge in [0, 0.05) is 12.0 Å². The first kappa shape index (κ1) is 14.4. The molecule has 1 aromatic rings. The lowest BCUT2D eigenvalue weighted by Gasteiger charge is -2.31. The maximum atomic E-state index is 5.38. The molecule has 1 fully saturated rings. The van der Waals surface area contributed by atoms with Gasteiger partial charge >= 0.3 is 0 Å². The van der Waals surface area contributed by atoms with Gasteiger partial charge in [0.1, 0.15) is 5.75 Å². The molecule has 1 saturated carbocycles. The van der Waals surface area contributed by atoms with Crippen molar-refractivity contribution in [2.45, 2.75) is 44.9 Å². The Morgan fingerprint density at radius 1 is 1.26 bits per heavy atom. The molecule has 2 nitrogen and oxygen atoms in total. The van der Waals surface area contributed by atoms with E-state index < -0.39 is 0 Å². The lowest BCUT2D eigenvalue weighted by Crippen LogP contribution is -2.37. The van der Waals surface area contributed by atoms with Gasteiger partial charge in [-0.2, -0.15) is 0 Å². The molecule has 1 aromatic carbocycles. The second-order valence-electron chi connectivity index (χ2n) is 6.24. The molecule has 0 radical (unpaired) electrons. The minimum Gasteiger partial charge on any atom is -0.497 e. The van der Waals surface area contributed by atoms with E-state index in [0.29, 0.717) is 11.3 Å². The highest BCUT2D eigenvalue weighted by molar-refractivity contribution is 5.35. The molecule has 2 heteroatoms. The van der Waals surface area contributed by atoms with Crippen LogP contribution in [0.4, 0.5) is 0 Å². The van der Waals surface area contributed by atoms with E-state index in [0.717, 1.165) is 18.8 Å². The summed E-state index contributed by atoms with van der Waals surface area (Å²) in [5.74, 6) is 1.69. The molecule has 0 unspecified atom stereocenters. The van der Waals surface area contributed by atoms with Crippen molar-refractivity contribution < 1.29 is 4.74 Å². The minimum atomic E-state index is 0.323. The highest BCUT2D eigenvalue weighted by Crippen LogP contribution is 2.41. The van der Waals surface area contributed by atoms with Crippen LogP contribution in [0.5, 0.6) is 5.75 Å². The summed E-state index contributed by atoms with van der Waals surface area (Å²) in [5, 5.41) is 3.66. The Morgan fingerprint density at radius 2 is 2.00 bits per heavy atom. The summed E-state index contributed by atoms with van der Waals surface area (Å²) in [7, 11) is 1.75. The van der Waals surface area contributed by atoms with Crippen molar-refractivity contribution in [2.24, 2.45) is 5.92 Å². The Kier molecular flexibility index (Phi) is 4.87. The number of rotatable bonds is 6. The van der Waals surface area contributed by atoms with E-state index >= 15 is 0 Å². The quantitative estimate of drug-likeness (QED) is 0.842. The van der Waals surface area contributed by atoms with Gasteiger partial charge in [0.2, 0.25) is 0 Å². The number of nitrogens with one attached hydrogen (secondary N) is 1. The van der Waals surface area contributed by atoms with Crippen LogP contribution in [-0.4, -0.2) is 20.2 Å². The first-order chi connectivity index (χ1) is 9.16. The molecule has 1 aliphatic rings. The molecule has 0 spiro atoms. The number of ether oxygens (including phenoxy) is 1. The summed E-state index contributed by atoms with van der Waals surface area (Å²) >= 11 is 0. The third-order valence-electron chi connectivity index (χ3n) is 4.26. The lowest BCUT2D eigenvalue weighted by atomic mass is 9.78. The fraction of sp³-hybridized carbons (Fsp3) is 0.647. The molecule has 0 aromatic heterocycles. The first-order valence-electron chi connectivity index (χ1n) is 7.51. The molecular formula is C17H27NO. The second kappa shape index (κ2) is 6.42. The molecule has 106 valence electrons. The van der Waals surface area contributed by atoms with Gasteiger partial charge in [0.25, 0.3) is 0 Å². The number of hydrogen-bond acceptors (Lipinski definition) is 2. The molecule has 0 atom stereocenters. The first-order valence-corrected chi connectivity index (χ1v) is 7.51. The van der Waals surface area contributed by atoms with Gasteiger partial charge in [-0.15, -0.1) is 0 Å². The maximum absolute atomic E-state index is 5.38. The van der Waals surface area contributed by atoms with Crippen LogP contribution in [0, 0.1) is 5.92 Å². The van der Waals surface area contributed by atoms with Gasteiger partial charge in [-0.05, 0) is 43.0 Å². The average Bonchev–Trinajstić information content (AvgIpc) is 2.88. The third-order valence-corrected chi connectivity index (χ3v) is 4.26. The Labute approximate surface area is 117 Å². The second-order valence-corrected chi connectivity index (χ2v) is 6.24. The highest BCUT2D eigenvalue weighted by atomic mass is 16.5. The summed E-state index contributed by atoms with van der Waals surface area (Å²) in [6.07, 6.45) is 5.29. The van der Waals surface area contributed by atoms with Crippen LogP contribution in [0.3, 0.4) is 0 Å². The van der Waals surface area contributed by atoms with Crippen molar-refractivity contribution in [1.82, 2.24) is 5.32 Å². The molecular weight excluding hydrogens is 234 g/mol. The topological polar surface area (TPSA) is 21.3 Å². The molecule has 0 bridgehead atoms. The predicted octanol–water partition coefficient (Wildman–Crippen LogP) is 3.75. The van der Waals surface area contributed by atoms with E-state index in [1.807, 2.05) is 6.07 Å². The zero-order valence-corrected chi connectivity index (χ0v) is 12.5. The van der Waals surface area contributed by atoms with Crippen LogP contribution in [0.25, 0.3) is 0 Å². The normalized spacial score (nSPS) is 17.9. The van der Waals surface area contributed by atoms with Gasteiger partial charge < -0.3 is 10.1 Å². The van der Waals surface area contributed by atoms with Gasteiger partial charge in [0.15, 0.2) is 0 Å². The standard InChI is InChI=1S/C17H27NO/c1-14(2)12-18-13-17(9-4-5-10-17)15-7-6-8-16(11-15)19-3/h6-8,11,14,18H,4-5,9-10,12-13H2,1-3H3. The molecule has 1 aliphatic carbocycles. The minimum absolute atomic E-state index is 0.323. The van der Waals surface area contributed by atoms with Crippen molar-refractivity contribution in [1.29, 1.82) is 0 Å². The highest BCUT2D eigenvalue weighted by Gasteiger charge is 2.35. The maximum Gasteiger partial charge on any atom is 0.119 e. The van der Waals surface area contributed by atoms with Crippen LogP contribution in [-0.2, 0) is 5.41 Å². The summed E-state index contributed by atoms with van der Waals surface area (Å²) in [4.78, 5) is 0. The third kappa shape index (κ3) is 3.50. The number of hydrogen-bond donors (Lipinski definition) is 1. The van der Waals surface area contributed by atoms with Crippen LogP contribution >= 0.6 is 0 Å². The largest absolute Gasteiger partial charge is 0.497 e. The molecule has 19 heavy (non-hydrogen) atoms. The molecule has 1 N–H and O–H groups in total. The van der Waals surface area contributed by atoms with Crippen molar-refractivity contribution in [2.75, 3.05) is 20.2 Å². The van der Waals surface area contributed by atoms with Crippen molar-refractivity contribution in [3.63, 3.8) is 0 Å². The van der Waals surface area contributed by atoms with Gasteiger partial charge in [-0.25, -0.2) is 0 Å². The van der Waals surface area contributed by atoms with E-state index in [-0.39, 0.29) is 0 Å². The van der Waals surface area contributed by atoms with Crippen LogP contribution in [0.1, 0.15) is 45.1 Å². The SMILES string of the molecule is COc1cccc(C2(CNCC(C)C)CCCC2)c1. The van der Waals surface area contributed by atoms with Gasteiger partial charge in [-0.3, -0.25) is 0 Å². The van der Waals surface area contributed by atoms with E-state index in [2.05, 4.69) is 37.4 Å². The van der Waals surface area contributed by atoms with Crippen molar-refractivity contribution in [3.8, 4) is 5.75 Å². The Bertz CT molecular complexity index is 394. The van der Waals surface area contributed by atoms with Crippen LogP contribution in [0.2, 0.25) is 0 Å². The fourth-order valence-electron chi connectivity index (χ4n) is 3.17. The zero-order valence-electron chi connectivity index (χ0n) is 12.5. The van der Waals surface area contributed by atoms with E-state index in [1.54, 1.807) is 7.11 Å². The Hall–Kier alpha value is -1.02. The van der Waals surface area contributed by atoms with Gasteiger partial charge in [-0.1, -0.05) is 38.8 Å². The average molecular weight is 261 g/mol. The summed E-state index contributed by atoms with van der Waals surface area (Å²) in [6.45, 7) is 6.73. The summed E-state index contributed by atoms with van der Waals surface area (Å²) in [6, 6.07) is 8.65. The molecule has 2 rings (SSSR count). The number of benzene rings is 1. The summed E-state index contributed by atoms with van der Waals surface area (Å²) in [5.41, 5.74) is 1.77. The predicted molar refractivity (Wildman–Crippen MR) is 80.8 cm³/mol. The smallest absolute Gasteiger partial charge is 0.119 e. The van der Waals surface area contributed by atoms with Crippen molar-refractivity contribution in [3.05, 3.63) is 29.8 Å². The van der Waals surface area contributed by atoms with Gasteiger partial charge in [0.05, 0.1) is 7.11 Å². The molecule has 0 saturated heterocycles. The number of methoxy groups -OCH3 is 1. The summed E-state index contributed by atoms with van der Waals surface area (Å²) < 4.78 is 5.38. The Morgan fingerprint density at radius 3 is 2.63 bits per heavy atom. The fourth-order valence-corrected chi connectivity index (χ4v) is 3.17. The molecule has 0 amide bonds. The Balaban J connectivity index is 2.13. The lowest BCUT2D eigenvalue weighted by molar-refractivity contribution is 0.383. The van der Waals surface area contributed by atoms with E-state index in [1.165, 1.54) is 31.2 Å². The molecule has 0 heterocycles. The van der Waals surface area contributed by atoms with Crippen LogP contribution in [0.15, 0.2) is 24.3 Å². The molecule has 0 aliphatic heterocycles. The van der Waals surface area contributed by atoms with Crippen molar-refractivity contribution >= 4 is 0 Å². The van der Waals surface area contributed by atoms with E-state index in [9.17, 15) is 0 Å². The zero-order chi connectivity index (χ0) is 13.7. The van der Waals surface area contributed by atoms with Crippen LogP contribution < -0.4 is 10.1 Å².